The van der Waals surface area contributed by atoms with E-state index in [1.807, 2.05) is 0 Å². The van der Waals surface area contributed by atoms with Gasteiger partial charge in [-0.15, -0.1) is 0 Å². The molecule has 0 saturated carbocycles. The highest BCUT2D eigenvalue weighted by Crippen LogP contribution is 2.30. The zero-order valence-corrected chi connectivity index (χ0v) is 11.2. The molecule has 4 heteroatoms. The molecule has 2 aliphatic rings. The summed E-state index contributed by atoms with van der Waals surface area (Å²) in [6, 6.07) is 0.551. The Kier molecular flexibility index (Phi) is 4.42. The molecule has 2 saturated heterocycles. The normalized spacial score (nSPS) is 39.7. The third kappa shape index (κ3) is 2.99. The lowest BCUT2D eigenvalue weighted by Crippen LogP contribution is -2.54. The van der Waals surface area contributed by atoms with Gasteiger partial charge in [0.05, 0.1) is 19.3 Å². The van der Waals surface area contributed by atoms with Crippen LogP contribution in [0.5, 0.6) is 0 Å². The summed E-state index contributed by atoms with van der Waals surface area (Å²) in [6.45, 7) is 9.76. The zero-order valence-electron chi connectivity index (χ0n) is 11.2. The maximum atomic E-state index is 5.97. The fourth-order valence-electron chi connectivity index (χ4n) is 2.91. The van der Waals surface area contributed by atoms with Crippen LogP contribution in [0.2, 0.25) is 0 Å². The third-order valence-corrected chi connectivity index (χ3v) is 4.21. The SMILES string of the molecule is CCC1COC(C)CN1CC1(CN)CCOC1. The first-order chi connectivity index (χ1) is 8.19. The number of hydrogen-bond donors (Lipinski definition) is 1. The average Bonchev–Trinajstić information content (AvgIpc) is 2.79. The van der Waals surface area contributed by atoms with Crippen molar-refractivity contribution in [1.82, 2.24) is 4.90 Å². The molecule has 0 aromatic carbocycles. The Balaban J connectivity index is 1.98. The molecule has 3 unspecified atom stereocenters. The van der Waals surface area contributed by atoms with E-state index in [0.717, 1.165) is 52.3 Å². The van der Waals surface area contributed by atoms with E-state index in [0.29, 0.717) is 12.1 Å². The van der Waals surface area contributed by atoms with E-state index in [2.05, 4.69) is 18.7 Å². The molecule has 17 heavy (non-hydrogen) atoms. The Labute approximate surface area is 104 Å². The molecule has 0 aromatic heterocycles. The van der Waals surface area contributed by atoms with E-state index in [9.17, 15) is 0 Å². The first kappa shape index (κ1) is 13.3. The van der Waals surface area contributed by atoms with E-state index in [1.54, 1.807) is 0 Å². The standard InChI is InChI=1S/C13H26N2O2/c1-3-12-7-17-11(2)6-15(12)9-13(8-14)4-5-16-10-13/h11-12H,3-10,14H2,1-2H3. The van der Waals surface area contributed by atoms with Crippen molar-refractivity contribution < 1.29 is 9.47 Å². The summed E-state index contributed by atoms with van der Waals surface area (Å²) in [5.74, 6) is 0. The molecule has 2 aliphatic heterocycles. The Morgan fingerprint density at radius 1 is 1.47 bits per heavy atom. The monoisotopic (exact) mass is 242 g/mol. The molecule has 0 bridgehead atoms. The molecule has 2 rings (SSSR count). The minimum absolute atomic E-state index is 0.185. The summed E-state index contributed by atoms with van der Waals surface area (Å²) < 4.78 is 11.3. The molecule has 2 fully saturated rings. The van der Waals surface area contributed by atoms with E-state index >= 15 is 0 Å². The molecule has 0 spiro atoms. The van der Waals surface area contributed by atoms with Crippen molar-refractivity contribution in [2.24, 2.45) is 11.1 Å². The third-order valence-electron chi connectivity index (χ3n) is 4.21. The zero-order chi connectivity index (χ0) is 12.3. The topological polar surface area (TPSA) is 47.7 Å². The summed E-state index contributed by atoms with van der Waals surface area (Å²) in [7, 11) is 0. The highest BCUT2D eigenvalue weighted by Gasteiger charge is 2.38. The van der Waals surface area contributed by atoms with Crippen LogP contribution in [0.4, 0.5) is 0 Å². The van der Waals surface area contributed by atoms with Gasteiger partial charge in [0.25, 0.3) is 0 Å². The van der Waals surface area contributed by atoms with Crippen LogP contribution < -0.4 is 5.73 Å². The van der Waals surface area contributed by atoms with E-state index < -0.39 is 0 Å². The molecular formula is C13H26N2O2. The predicted molar refractivity (Wildman–Crippen MR) is 68.0 cm³/mol. The molecule has 2 N–H and O–H groups in total. The van der Waals surface area contributed by atoms with Crippen LogP contribution in [0.15, 0.2) is 0 Å². The van der Waals surface area contributed by atoms with Gasteiger partial charge in [-0.05, 0) is 19.8 Å². The first-order valence-corrected chi connectivity index (χ1v) is 6.82. The summed E-state index contributed by atoms with van der Waals surface area (Å²) in [5.41, 5.74) is 6.15. The van der Waals surface area contributed by atoms with Crippen LogP contribution in [0.3, 0.4) is 0 Å². The summed E-state index contributed by atoms with van der Waals surface area (Å²) in [5, 5.41) is 0. The minimum Gasteiger partial charge on any atom is -0.381 e. The van der Waals surface area contributed by atoms with Gasteiger partial charge in [0.1, 0.15) is 0 Å². The predicted octanol–water partition coefficient (Wildman–Crippen LogP) is 0.851. The van der Waals surface area contributed by atoms with Crippen molar-refractivity contribution in [2.45, 2.75) is 38.8 Å². The van der Waals surface area contributed by atoms with Crippen LogP contribution in [0, 0.1) is 5.41 Å². The van der Waals surface area contributed by atoms with Gasteiger partial charge in [0.2, 0.25) is 0 Å². The molecule has 0 aromatic rings. The second-order valence-corrected chi connectivity index (χ2v) is 5.64. The van der Waals surface area contributed by atoms with Gasteiger partial charge in [-0.25, -0.2) is 0 Å². The number of ether oxygens (including phenoxy) is 2. The van der Waals surface area contributed by atoms with E-state index in [1.165, 1.54) is 0 Å². The largest absolute Gasteiger partial charge is 0.381 e. The molecule has 3 atom stereocenters. The highest BCUT2D eigenvalue weighted by molar-refractivity contribution is 4.90. The van der Waals surface area contributed by atoms with Crippen LogP contribution in [0.1, 0.15) is 26.7 Å². The molecule has 100 valence electrons. The number of rotatable bonds is 4. The van der Waals surface area contributed by atoms with Gasteiger partial charge in [0.15, 0.2) is 0 Å². The van der Waals surface area contributed by atoms with Crippen LogP contribution in [-0.2, 0) is 9.47 Å². The van der Waals surface area contributed by atoms with Crippen molar-refractivity contribution in [1.29, 1.82) is 0 Å². The molecular weight excluding hydrogens is 216 g/mol. The Morgan fingerprint density at radius 2 is 2.29 bits per heavy atom. The minimum atomic E-state index is 0.185. The molecule has 0 radical (unpaired) electrons. The van der Waals surface area contributed by atoms with Gasteiger partial charge < -0.3 is 15.2 Å². The lowest BCUT2D eigenvalue weighted by Gasteiger charge is -2.42. The first-order valence-electron chi connectivity index (χ1n) is 6.82. The number of nitrogens with zero attached hydrogens (tertiary/aromatic N) is 1. The Bertz CT molecular complexity index is 242. The number of hydrogen-bond acceptors (Lipinski definition) is 4. The number of morpholine rings is 1. The Morgan fingerprint density at radius 3 is 2.88 bits per heavy atom. The van der Waals surface area contributed by atoms with Gasteiger partial charge in [-0.3, -0.25) is 4.90 Å². The fraction of sp³-hybridized carbons (Fsp3) is 1.00. The highest BCUT2D eigenvalue weighted by atomic mass is 16.5. The maximum Gasteiger partial charge on any atom is 0.0674 e. The lowest BCUT2D eigenvalue weighted by atomic mass is 9.86. The Hall–Kier alpha value is -0.160. The molecule has 0 amide bonds. The lowest BCUT2D eigenvalue weighted by molar-refractivity contribution is -0.0691. The van der Waals surface area contributed by atoms with Crippen molar-refractivity contribution in [2.75, 3.05) is 39.5 Å². The van der Waals surface area contributed by atoms with Gasteiger partial charge in [-0.1, -0.05) is 6.92 Å². The van der Waals surface area contributed by atoms with Gasteiger partial charge in [0, 0.05) is 37.7 Å². The van der Waals surface area contributed by atoms with Crippen LogP contribution >= 0.6 is 0 Å². The summed E-state index contributed by atoms with van der Waals surface area (Å²) in [4.78, 5) is 2.57. The van der Waals surface area contributed by atoms with Crippen molar-refractivity contribution in [3.05, 3.63) is 0 Å². The quantitative estimate of drug-likeness (QED) is 0.794. The van der Waals surface area contributed by atoms with Gasteiger partial charge >= 0.3 is 0 Å². The van der Waals surface area contributed by atoms with Crippen LogP contribution in [0.25, 0.3) is 0 Å². The molecule has 4 nitrogen and oxygen atoms in total. The number of nitrogens with two attached hydrogens (primary N) is 1. The summed E-state index contributed by atoms with van der Waals surface area (Å²) in [6.07, 6.45) is 2.59. The van der Waals surface area contributed by atoms with Crippen molar-refractivity contribution in [3.63, 3.8) is 0 Å². The second-order valence-electron chi connectivity index (χ2n) is 5.64. The fourth-order valence-corrected chi connectivity index (χ4v) is 2.91. The van der Waals surface area contributed by atoms with Crippen molar-refractivity contribution in [3.8, 4) is 0 Å². The van der Waals surface area contributed by atoms with E-state index in [-0.39, 0.29) is 5.41 Å². The maximum absolute atomic E-state index is 5.97. The van der Waals surface area contributed by atoms with E-state index in [4.69, 9.17) is 15.2 Å². The average molecular weight is 242 g/mol. The molecule has 2 heterocycles. The van der Waals surface area contributed by atoms with Crippen LogP contribution in [-0.4, -0.2) is 56.5 Å². The second kappa shape index (κ2) is 5.65. The molecule has 0 aliphatic carbocycles. The summed E-state index contributed by atoms with van der Waals surface area (Å²) >= 11 is 0. The van der Waals surface area contributed by atoms with Gasteiger partial charge in [-0.2, -0.15) is 0 Å². The smallest absolute Gasteiger partial charge is 0.0674 e. The van der Waals surface area contributed by atoms with Crippen molar-refractivity contribution >= 4 is 0 Å².